The Bertz CT molecular complexity index is 2050. The van der Waals surface area contributed by atoms with Crippen molar-refractivity contribution in [1.82, 2.24) is 62.8 Å². The number of ketones is 2. The Morgan fingerprint density at radius 1 is 0.480 bits per heavy atom. The number of nitrogens with two attached hydrogens (primary N) is 3. The van der Waals surface area contributed by atoms with Crippen molar-refractivity contribution in [3.63, 3.8) is 0 Å². The summed E-state index contributed by atoms with van der Waals surface area (Å²) in [4.78, 5) is 98.2. The number of terminal acetylenes is 4. The van der Waals surface area contributed by atoms with E-state index in [9.17, 15) is 38.4 Å². The molecule has 1 aromatic heterocycles. The van der Waals surface area contributed by atoms with Crippen LogP contribution in [-0.2, 0) is 242 Å². The van der Waals surface area contributed by atoms with Gasteiger partial charge >= 0.3 is 0 Å². The number of ether oxygens (including phenoxy) is 5. The van der Waals surface area contributed by atoms with Crippen molar-refractivity contribution in [3.8, 4) is 49.4 Å². The van der Waals surface area contributed by atoms with Crippen LogP contribution in [0.25, 0.3) is 10.4 Å². The minimum atomic E-state index is -1.08. The maximum Gasteiger partial charge on any atom is 0.300 e. The van der Waals surface area contributed by atoms with Crippen molar-refractivity contribution < 1.29 is 271 Å². The summed E-state index contributed by atoms with van der Waals surface area (Å²) in [5.41, 5.74) is 22.7. The van der Waals surface area contributed by atoms with Gasteiger partial charge in [-0.3, -0.25) is 35.6 Å². The molecule has 0 aromatic carbocycles. The molecule has 0 aliphatic heterocycles. The molecule has 5 radical (unpaired) electrons. The van der Waals surface area contributed by atoms with E-state index in [4.69, 9.17) is 86.0 Å². The number of carboxylic acids is 2. The molecular weight excluding hydrogens is 1990 g/mol. The van der Waals surface area contributed by atoms with Crippen LogP contribution in [0.4, 0.5) is 0 Å². The number of aliphatic hydroxyl groups excluding tert-OH is 5. The Balaban J connectivity index is -0.0000000316. The molecule has 6 amide bonds. The molecule has 0 fully saturated rings. The number of carbonyl (C=O) groups is 10. The third kappa shape index (κ3) is 689. The average molecular weight is 2160 g/mol. The number of aryl methyl sites for hydroxylation is 2. The molecule has 1 heterocycles. The van der Waals surface area contributed by atoms with Gasteiger partial charge in [0.2, 0.25) is 17.7 Å². The smallest absolute Gasteiger partial charge is 0.300 e. The maximum absolute atomic E-state index is 10.3. The van der Waals surface area contributed by atoms with Gasteiger partial charge in [-0.2, -0.15) is 0 Å². The third-order valence-electron chi connectivity index (χ3n) is 6.71. The van der Waals surface area contributed by atoms with Crippen LogP contribution in [0, 0.1) is 90.9 Å². The number of amides is 6. The summed E-state index contributed by atoms with van der Waals surface area (Å²) < 4.78 is 26.2. The summed E-state index contributed by atoms with van der Waals surface area (Å²) in [6.45, 7) is 65.8. The number of aromatic nitrogens is 3. The fraction of sp³-hybridized carbons (Fsp3) is 0.679. The van der Waals surface area contributed by atoms with Crippen molar-refractivity contribution in [2.45, 2.75) is 145 Å². The molecule has 123 heavy (non-hydrogen) atoms. The molecule has 1 aromatic rings. The summed E-state index contributed by atoms with van der Waals surface area (Å²) in [6.07, 6.45) is 20.2. The monoisotopic (exact) mass is 2150 g/mol. The summed E-state index contributed by atoms with van der Waals surface area (Å²) in [5.74, 6) is 6.48. The second kappa shape index (κ2) is 240. The fourth-order valence-electron chi connectivity index (χ4n) is 3.23. The summed E-state index contributed by atoms with van der Waals surface area (Å²) >= 11 is 0. The molecule has 723 valence electrons. The first-order valence-electron chi connectivity index (χ1n) is 36.7. The Hall–Kier alpha value is -3.98. The topological polar surface area (TPSA) is 624 Å². The molecule has 0 atom stereocenters. The molecule has 45 heteroatoms. The van der Waals surface area contributed by atoms with Crippen LogP contribution in [-0.4, -0.2) is 316 Å². The number of hydrogen-bond donors (Lipinski definition) is 19. The number of nitrogens with zero attached hydrogens (tertiary/aromatic N) is 6. The van der Waals surface area contributed by atoms with Gasteiger partial charge in [-0.1, -0.05) is 51.9 Å². The number of nitrogens with one attached hydrogen (secondary N) is 9. The van der Waals surface area contributed by atoms with E-state index in [1.54, 1.807) is 46.5 Å². The zero-order chi connectivity index (χ0) is 98.3. The van der Waals surface area contributed by atoms with Gasteiger partial charge in [0.05, 0.1) is 123 Å². The number of Topliss-reactive ketones (excluding diaryl/α,β-unsaturated/α-hetero) is 2. The molecule has 1 rings (SSSR count). The van der Waals surface area contributed by atoms with E-state index >= 15 is 0 Å². The van der Waals surface area contributed by atoms with E-state index in [0.29, 0.717) is 98.8 Å². The van der Waals surface area contributed by atoms with Crippen LogP contribution < -0.4 is 65.1 Å². The van der Waals surface area contributed by atoms with Crippen molar-refractivity contribution in [2.75, 3.05) is 206 Å². The van der Waals surface area contributed by atoms with E-state index in [1.165, 1.54) is 55.6 Å². The van der Waals surface area contributed by atoms with Crippen molar-refractivity contribution in [2.24, 2.45) is 29.4 Å². The first-order chi connectivity index (χ1) is 55.5. The van der Waals surface area contributed by atoms with Crippen LogP contribution in [0.3, 0.4) is 0 Å². The van der Waals surface area contributed by atoms with Gasteiger partial charge in [-0.25, -0.2) is 0 Å². The van der Waals surface area contributed by atoms with Crippen molar-refractivity contribution in [1.29, 1.82) is 0 Å². The number of likely N-dealkylation sites (N-methyl/N-ethyl adjacent to an activating group) is 3. The number of azide groups is 1. The van der Waals surface area contributed by atoms with Crippen molar-refractivity contribution >= 4 is 58.9 Å². The molecule has 0 aliphatic carbocycles. The van der Waals surface area contributed by atoms with Crippen LogP contribution in [0.5, 0.6) is 0 Å². The van der Waals surface area contributed by atoms with E-state index in [1.807, 2.05) is 82.5 Å². The molecule has 0 unspecified atom stereocenters. The summed E-state index contributed by atoms with van der Waals surface area (Å²) in [7, 11) is 7.94. The Kier molecular flexibility index (Phi) is 382. The standard InChI is InChI=1S/C6H13NO3.3C6H15NO2.C4H7N3.C4H11NO2.3C4H8NO.2C3H7NO.C3H6O.C3H5O.4C3H4.C2H7N.C2H4O2.C2H3O2.C2H6.CH3N3.CH5N.5Y/c1-6(9)7-2-4-10-5-3-8;3*1-2-7-3-5-9-6-4-8;1-4-3-7(2)6-5-4;5-1-3-7-4-2-6;3*1-3-5-4(2)6;2*1-3(5)4-2;2*1-3(2)4;4*1-3-2;1-2-3;2*1-2(3)4;1-2;1-3-4-2;1-2;;;;;/h8H,2-5H2,1H3,(H,7,9);3*7-8H,2-6H2,1H3;3H,1-2H3;6H,1-5H2;3*2-3H2,1H3,(H,5,6);2*1-2H3,(H,4,5);1-2H3;1H2,2H3;4*1H,2H3;2-3H2,1H3;1H3,(H,3,4);1H2,(H,3,4);1-2H3;1H3;2H2,1H3;;;;;/q;;;;;;3*-1;;;;-1;;;;;;;-1;;;;;;;;. The molecular formula is C78H169N18O22Y5-5. The maximum atomic E-state index is 10.3. The third-order valence-corrected chi connectivity index (χ3v) is 6.71. The molecule has 0 bridgehead atoms. The van der Waals surface area contributed by atoms with E-state index in [2.05, 4.69) is 158 Å². The fourth-order valence-corrected chi connectivity index (χ4v) is 3.23. The zero-order valence-electron chi connectivity index (χ0n) is 80.1. The van der Waals surface area contributed by atoms with Gasteiger partial charge in [-0.15, -0.1) is 54.5 Å². The van der Waals surface area contributed by atoms with Crippen LogP contribution in [0.15, 0.2) is 11.3 Å². The van der Waals surface area contributed by atoms with Crippen molar-refractivity contribution in [3.05, 3.63) is 57.0 Å². The minimum Gasteiger partial charge on any atom is -0.503 e. The van der Waals surface area contributed by atoms with Gasteiger partial charge in [-0.05, 0) is 121 Å². The SMILES string of the molecule is C#CC.C#CC.C#CC.C#CC.CC.CC(=O)NCCOCCO.CC(=O)O.CC(C)=O.CCN.CCNCCOCCO.CCNCCOCCO.CCNCCOCCO.CN.CN=[N+]=[N-].CNC(C)=O.CNC(C)=O.Cc1cn(C)nn1.NCCOCCO.[CH2-]C(=O)NCC.[CH2-]C(=O)NCC.[CH2-]C(=O)NCC.[CH2-]C(=O)O.[CH2-]C(C)=O.[Y].[Y].[Y].[Y].[Y]. The summed E-state index contributed by atoms with van der Waals surface area (Å²) in [6, 6.07) is 0. The van der Waals surface area contributed by atoms with E-state index in [-0.39, 0.29) is 244 Å². The van der Waals surface area contributed by atoms with Crippen LogP contribution >= 0.6 is 0 Å². The second-order valence-corrected chi connectivity index (χ2v) is 18.4. The number of carboxylic acid groups (broad SMARTS) is 2. The predicted octanol–water partition coefficient (Wildman–Crippen LogP) is 1.44. The van der Waals surface area contributed by atoms with Gasteiger partial charge in [0.15, 0.2) is 5.97 Å². The number of aliphatic carboxylic acids is 2. The van der Waals surface area contributed by atoms with Gasteiger partial charge < -0.3 is 176 Å². The Labute approximate surface area is 870 Å². The number of aliphatic hydroxyl groups is 5. The van der Waals surface area contributed by atoms with Gasteiger partial charge in [0, 0.05) is 283 Å². The largest absolute Gasteiger partial charge is 0.503 e. The molecule has 22 N–H and O–H groups in total. The van der Waals surface area contributed by atoms with E-state index in [0.717, 1.165) is 58.4 Å². The normalized spacial score (nSPS) is 7.14. The first-order valence-corrected chi connectivity index (χ1v) is 36.7. The molecule has 0 saturated heterocycles. The minimum absolute atomic E-state index is 0. The van der Waals surface area contributed by atoms with E-state index < -0.39 is 11.9 Å². The number of carbonyl (C=O) groups excluding carboxylic acids is 8. The molecule has 0 saturated carbocycles. The number of rotatable bonds is 30. The second-order valence-electron chi connectivity index (χ2n) is 18.4. The zero-order valence-corrected chi connectivity index (χ0v) is 94.3. The van der Waals surface area contributed by atoms with Crippen LogP contribution in [0.2, 0.25) is 0 Å². The quantitative estimate of drug-likeness (QED) is 0.0129. The number of hydrogen-bond acceptors (Lipinski definition) is 29. The first kappa shape index (κ1) is 196. The average Bonchev–Trinajstić information content (AvgIpc) is 1.84. The predicted molar refractivity (Wildman–Crippen MR) is 478 cm³/mol. The van der Waals surface area contributed by atoms with Crippen LogP contribution in [0.1, 0.15) is 144 Å². The van der Waals surface area contributed by atoms with Gasteiger partial charge in [0.25, 0.3) is 5.97 Å². The van der Waals surface area contributed by atoms with Gasteiger partial charge in [0.1, 0.15) is 5.78 Å². The summed E-state index contributed by atoms with van der Waals surface area (Å²) in [5, 5.41) is 90.3. The molecule has 40 nitrogen and oxygen atoms in total. The Morgan fingerprint density at radius 3 is 0.748 bits per heavy atom. The molecule has 0 aliphatic rings. The Morgan fingerprint density at radius 2 is 0.659 bits per heavy atom. The molecule has 0 spiro atoms.